The molecule has 0 aliphatic carbocycles. The standard InChI is InChI=1S/C28H30N2O4/c1-20-7-6-10-23(15-20)18-30(24(28(32)29-2)16-21-8-4-3-5-9-21)27(31)14-12-22-11-13-25-26(17-22)34-19-33-25/h3-11,13,15,17,24H,12,14,16,18-19H2,1-2H3,(H,29,32)/t24-/m1/s1. The van der Waals surface area contributed by atoms with Crippen LogP contribution in [-0.4, -0.2) is 36.6 Å². The van der Waals surface area contributed by atoms with Gasteiger partial charge in [0.2, 0.25) is 18.6 Å². The number of nitrogens with one attached hydrogen (secondary N) is 1. The number of benzene rings is 3. The Kier molecular flexibility index (Phi) is 7.48. The molecular formula is C28H30N2O4. The van der Waals surface area contributed by atoms with Gasteiger partial charge in [0.15, 0.2) is 11.5 Å². The van der Waals surface area contributed by atoms with Gasteiger partial charge in [0.1, 0.15) is 6.04 Å². The van der Waals surface area contributed by atoms with Crippen LogP contribution in [0.4, 0.5) is 0 Å². The monoisotopic (exact) mass is 458 g/mol. The van der Waals surface area contributed by atoms with Gasteiger partial charge in [-0.1, -0.05) is 66.2 Å². The van der Waals surface area contributed by atoms with Crippen molar-refractivity contribution in [3.05, 3.63) is 95.1 Å². The summed E-state index contributed by atoms with van der Waals surface area (Å²) in [5.74, 6) is 1.18. The van der Waals surface area contributed by atoms with Crippen LogP contribution in [0.1, 0.15) is 28.7 Å². The predicted molar refractivity (Wildman–Crippen MR) is 131 cm³/mol. The van der Waals surface area contributed by atoms with Gasteiger partial charge in [-0.05, 0) is 42.2 Å². The number of carbonyl (C=O) groups excluding carboxylic acids is 2. The molecule has 0 aromatic heterocycles. The molecule has 1 atom stereocenters. The molecule has 6 nitrogen and oxygen atoms in total. The molecule has 0 spiro atoms. The van der Waals surface area contributed by atoms with E-state index in [-0.39, 0.29) is 25.0 Å². The van der Waals surface area contributed by atoms with Crippen molar-refractivity contribution in [2.24, 2.45) is 0 Å². The second-order valence-corrected chi connectivity index (χ2v) is 8.52. The lowest BCUT2D eigenvalue weighted by atomic mass is 10.0. The third-order valence-corrected chi connectivity index (χ3v) is 6.02. The lowest BCUT2D eigenvalue weighted by Gasteiger charge is -2.31. The van der Waals surface area contributed by atoms with Crippen LogP contribution >= 0.6 is 0 Å². The van der Waals surface area contributed by atoms with Crippen molar-refractivity contribution in [3.63, 3.8) is 0 Å². The molecule has 0 unspecified atom stereocenters. The highest BCUT2D eigenvalue weighted by Crippen LogP contribution is 2.33. The van der Waals surface area contributed by atoms with Crippen LogP contribution in [-0.2, 0) is 29.0 Å². The largest absolute Gasteiger partial charge is 0.454 e. The number of ether oxygens (including phenoxy) is 2. The average Bonchev–Trinajstić information content (AvgIpc) is 3.33. The summed E-state index contributed by atoms with van der Waals surface area (Å²) in [5, 5.41) is 2.76. The van der Waals surface area contributed by atoms with Crippen LogP contribution in [0.2, 0.25) is 0 Å². The lowest BCUT2D eigenvalue weighted by molar-refractivity contribution is -0.141. The van der Waals surface area contributed by atoms with E-state index in [1.807, 2.05) is 73.7 Å². The first-order valence-electron chi connectivity index (χ1n) is 11.5. The van der Waals surface area contributed by atoms with E-state index < -0.39 is 6.04 Å². The molecule has 0 bridgehead atoms. The molecule has 1 aliphatic rings. The molecule has 6 heteroatoms. The molecule has 0 saturated carbocycles. The average molecular weight is 459 g/mol. The first kappa shape index (κ1) is 23.4. The smallest absolute Gasteiger partial charge is 0.242 e. The Labute approximate surface area is 200 Å². The van der Waals surface area contributed by atoms with Crippen LogP contribution < -0.4 is 14.8 Å². The Morgan fingerprint density at radius 1 is 0.912 bits per heavy atom. The van der Waals surface area contributed by atoms with Crippen molar-refractivity contribution in [1.82, 2.24) is 10.2 Å². The summed E-state index contributed by atoms with van der Waals surface area (Å²) in [6.07, 6.45) is 1.28. The number of likely N-dealkylation sites (N-methyl/N-ethyl adjacent to an activating group) is 1. The Morgan fingerprint density at radius 2 is 1.68 bits per heavy atom. The number of rotatable bonds is 9. The third-order valence-electron chi connectivity index (χ3n) is 6.02. The minimum atomic E-state index is -0.614. The highest BCUT2D eigenvalue weighted by molar-refractivity contribution is 5.88. The first-order chi connectivity index (χ1) is 16.5. The van der Waals surface area contributed by atoms with Crippen molar-refractivity contribution in [2.45, 2.75) is 38.8 Å². The Hall–Kier alpha value is -3.80. The zero-order valence-electron chi connectivity index (χ0n) is 19.6. The van der Waals surface area contributed by atoms with Gasteiger partial charge in [-0.25, -0.2) is 0 Å². The van der Waals surface area contributed by atoms with Crippen molar-refractivity contribution < 1.29 is 19.1 Å². The zero-order valence-corrected chi connectivity index (χ0v) is 19.6. The van der Waals surface area contributed by atoms with Gasteiger partial charge in [-0.15, -0.1) is 0 Å². The maximum absolute atomic E-state index is 13.6. The minimum Gasteiger partial charge on any atom is -0.454 e. The lowest BCUT2D eigenvalue weighted by Crippen LogP contribution is -2.49. The topological polar surface area (TPSA) is 67.9 Å². The second kappa shape index (κ2) is 10.9. The van der Waals surface area contributed by atoms with Gasteiger partial charge in [0.25, 0.3) is 0 Å². The van der Waals surface area contributed by atoms with E-state index in [1.54, 1.807) is 11.9 Å². The van der Waals surface area contributed by atoms with Crippen LogP contribution in [0.15, 0.2) is 72.8 Å². The van der Waals surface area contributed by atoms with Crippen LogP contribution in [0.25, 0.3) is 0 Å². The third kappa shape index (κ3) is 5.76. The number of carbonyl (C=O) groups is 2. The van der Waals surface area contributed by atoms with Crippen molar-refractivity contribution in [3.8, 4) is 11.5 Å². The Balaban J connectivity index is 1.57. The number of fused-ring (bicyclic) bond motifs is 1. The molecule has 0 fully saturated rings. The first-order valence-corrected chi connectivity index (χ1v) is 11.5. The van der Waals surface area contributed by atoms with E-state index in [4.69, 9.17) is 9.47 Å². The molecule has 1 N–H and O–H groups in total. The maximum atomic E-state index is 13.6. The highest BCUT2D eigenvalue weighted by Gasteiger charge is 2.29. The van der Waals surface area contributed by atoms with Crippen LogP contribution in [0.5, 0.6) is 11.5 Å². The summed E-state index contributed by atoms with van der Waals surface area (Å²) in [6, 6.07) is 23.0. The summed E-state index contributed by atoms with van der Waals surface area (Å²) in [7, 11) is 1.61. The van der Waals surface area contributed by atoms with Gasteiger partial charge in [-0.3, -0.25) is 9.59 Å². The summed E-state index contributed by atoms with van der Waals surface area (Å²) in [4.78, 5) is 28.3. The SMILES string of the molecule is CNC(=O)[C@@H](Cc1ccccc1)N(Cc1cccc(C)c1)C(=O)CCc1ccc2c(c1)OCO2. The Morgan fingerprint density at radius 3 is 2.44 bits per heavy atom. The number of nitrogens with zero attached hydrogens (tertiary/aromatic N) is 1. The van der Waals surface area contributed by atoms with E-state index in [0.717, 1.165) is 28.0 Å². The molecule has 3 aromatic rings. The van der Waals surface area contributed by atoms with Crippen LogP contribution in [0.3, 0.4) is 0 Å². The molecule has 4 rings (SSSR count). The van der Waals surface area contributed by atoms with Gasteiger partial charge in [0, 0.05) is 26.4 Å². The van der Waals surface area contributed by atoms with Gasteiger partial charge >= 0.3 is 0 Å². The summed E-state index contributed by atoms with van der Waals surface area (Å²) >= 11 is 0. The quantitative estimate of drug-likeness (QED) is 0.526. The second-order valence-electron chi connectivity index (χ2n) is 8.52. The fraction of sp³-hybridized carbons (Fsp3) is 0.286. The van der Waals surface area contributed by atoms with Gasteiger partial charge in [-0.2, -0.15) is 0 Å². The number of hydrogen-bond donors (Lipinski definition) is 1. The normalized spacial score (nSPS) is 12.8. The molecule has 2 amide bonds. The molecule has 1 heterocycles. The van der Waals surface area contributed by atoms with Crippen LogP contribution in [0, 0.1) is 6.92 Å². The van der Waals surface area contributed by atoms with Crippen molar-refractivity contribution in [2.75, 3.05) is 13.8 Å². The van der Waals surface area contributed by atoms with E-state index in [0.29, 0.717) is 25.1 Å². The highest BCUT2D eigenvalue weighted by atomic mass is 16.7. The van der Waals surface area contributed by atoms with Gasteiger partial charge < -0.3 is 19.7 Å². The predicted octanol–water partition coefficient (Wildman–Crippen LogP) is 4.04. The number of aryl methyl sites for hydroxylation is 2. The van der Waals surface area contributed by atoms with E-state index in [1.165, 1.54) is 0 Å². The number of hydrogen-bond acceptors (Lipinski definition) is 4. The molecule has 34 heavy (non-hydrogen) atoms. The summed E-state index contributed by atoms with van der Waals surface area (Å²) in [6.45, 7) is 2.61. The van der Waals surface area contributed by atoms with Crippen molar-refractivity contribution in [1.29, 1.82) is 0 Å². The van der Waals surface area contributed by atoms with Crippen molar-refractivity contribution >= 4 is 11.8 Å². The van der Waals surface area contributed by atoms with Gasteiger partial charge in [0.05, 0.1) is 0 Å². The fourth-order valence-electron chi connectivity index (χ4n) is 4.22. The van der Waals surface area contributed by atoms with E-state index in [9.17, 15) is 9.59 Å². The zero-order chi connectivity index (χ0) is 23.9. The Bertz CT molecular complexity index is 1150. The van der Waals surface area contributed by atoms with E-state index in [2.05, 4.69) is 11.4 Å². The maximum Gasteiger partial charge on any atom is 0.242 e. The molecule has 176 valence electrons. The summed E-state index contributed by atoms with van der Waals surface area (Å²) in [5.41, 5.74) is 4.12. The number of amides is 2. The molecule has 0 saturated heterocycles. The summed E-state index contributed by atoms with van der Waals surface area (Å²) < 4.78 is 10.8. The molecular weight excluding hydrogens is 428 g/mol. The molecule has 0 radical (unpaired) electrons. The molecule has 3 aromatic carbocycles. The molecule has 1 aliphatic heterocycles. The minimum absolute atomic E-state index is 0.0660. The fourth-order valence-corrected chi connectivity index (χ4v) is 4.22. The van der Waals surface area contributed by atoms with E-state index >= 15 is 0 Å².